The third-order valence-corrected chi connectivity index (χ3v) is 6.16. The quantitative estimate of drug-likeness (QED) is 0.724. The molecule has 0 radical (unpaired) electrons. The van der Waals surface area contributed by atoms with Crippen LogP contribution in [0.15, 0.2) is 66.1 Å². The highest BCUT2D eigenvalue weighted by atomic mass is 32.2. The first kappa shape index (κ1) is 21.1. The number of carbonyl (C=O) groups excluding carboxylic acids is 1. The van der Waals surface area contributed by atoms with E-state index in [-0.39, 0.29) is 6.04 Å². The summed E-state index contributed by atoms with van der Waals surface area (Å²) in [6, 6.07) is 19.0. The number of nitrogens with zero attached hydrogens (tertiary/aromatic N) is 1. The predicted octanol–water partition coefficient (Wildman–Crippen LogP) is 4.57. The van der Waals surface area contributed by atoms with Gasteiger partial charge in [-0.3, -0.25) is 0 Å². The van der Waals surface area contributed by atoms with Gasteiger partial charge in [0.1, 0.15) is 0 Å². The summed E-state index contributed by atoms with van der Waals surface area (Å²) < 4.78 is 26.8. The van der Waals surface area contributed by atoms with Crippen molar-refractivity contribution in [1.29, 1.82) is 0 Å². The number of urea groups is 1. The molecule has 0 bridgehead atoms. The topological polar surface area (TPSA) is 66.5 Å². The zero-order valence-corrected chi connectivity index (χ0v) is 17.4. The Balaban J connectivity index is 1.56. The predicted molar refractivity (Wildman–Crippen MR) is 117 cm³/mol. The number of nitrogens with one attached hydrogen (secondary N) is 1. The summed E-state index contributed by atoms with van der Waals surface area (Å²) in [5.74, 6) is 0. The Kier molecular flexibility index (Phi) is 7.47. The number of likely N-dealkylation sites (tertiary alicyclic amines) is 1. The molecule has 0 saturated carbocycles. The van der Waals surface area contributed by atoms with Crippen LogP contribution in [0.2, 0.25) is 0 Å². The molecule has 1 aliphatic heterocycles. The number of hydrogen-bond acceptors (Lipinski definition) is 3. The summed E-state index contributed by atoms with van der Waals surface area (Å²) in [6.07, 6.45) is 7.19. The van der Waals surface area contributed by atoms with Gasteiger partial charge in [-0.05, 0) is 55.7 Å². The largest absolute Gasteiger partial charge is 0.331 e. The summed E-state index contributed by atoms with van der Waals surface area (Å²) >= 11 is 0. The van der Waals surface area contributed by atoms with Gasteiger partial charge in [-0.15, -0.1) is 0 Å². The average Bonchev–Trinajstić information content (AvgIpc) is 2.74. The molecule has 5 nitrogen and oxygen atoms in total. The molecule has 3 rings (SSSR count). The Hall–Kier alpha value is -2.60. The van der Waals surface area contributed by atoms with Gasteiger partial charge in [-0.25, -0.2) is 17.9 Å². The van der Waals surface area contributed by atoms with Crippen molar-refractivity contribution in [3.63, 3.8) is 0 Å². The highest BCUT2D eigenvalue weighted by Crippen LogP contribution is 2.22. The third-order valence-electron chi connectivity index (χ3n) is 5.20. The SMILES string of the molecule is O=C(NS(=O)(=O)/C=C/c1ccccc1)N1CCCCC1CCCc1ccccc1. The molecular formula is C23H28N2O3S. The van der Waals surface area contributed by atoms with E-state index in [0.29, 0.717) is 6.54 Å². The highest BCUT2D eigenvalue weighted by molar-refractivity contribution is 7.93. The van der Waals surface area contributed by atoms with Gasteiger partial charge in [0.15, 0.2) is 0 Å². The molecule has 1 saturated heterocycles. The van der Waals surface area contributed by atoms with Crippen LogP contribution < -0.4 is 4.72 Å². The molecule has 1 N–H and O–H groups in total. The van der Waals surface area contributed by atoms with E-state index in [4.69, 9.17) is 0 Å². The molecule has 1 heterocycles. The average molecular weight is 413 g/mol. The maximum Gasteiger partial charge on any atom is 0.331 e. The van der Waals surface area contributed by atoms with Gasteiger partial charge in [0.25, 0.3) is 10.0 Å². The summed E-state index contributed by atoms with van der Waals surface area (Å²) in [6.45, 7) is 0.597. The monoisotopic (exact) mass is 412 g/mol. The number of benzene rings is 2. The maximum absolute atomic E-state index is 12.7. The Labute approximate surface area is 173 Å². The molecule has 1 unspecified atom stereocenters. The van der Waals surface area contributed by atoms with Crippen molar-refractivity contribution >= 4 is 22.1 Å². The van der Waals surface area contributed by atoms with Gasteiger partial charge in [-0.1, -0.05) is 60.7 Å². The molecule has 1 atom stereocenters. The molecule has 2 aromatic rings. The van der Waals surface area contributed by atoms with E-state index in [1.165, 1.54) is 11.6 Å². The number of amides is 2. The lowest BCUT2D eigenvalue weighted by molar-refractivity contribution is 0.150. The third kappa shape index (κ3) is 6.75. The molecule has 6 heteroatoms. The first-order valence-electron chi connectivity index (χ1n) is 10.1. The van der Waals surface area contributed by atoms with Crippen LogP contribution in [-0.4, -0.2) is 31.9 Å². The van der Waals surface area contributed by atoms with Gasteiger partial charge in [0.05, 0.1) is 5.41 Å². The molecule has 1 fully saturated rings. The number of aryl methyl sites for hydroxylation is 1. The van der Waals surface area contributed by atoms with E-state index in [0.717, 1.165) is 49.5 Å². The van der Waals surface area contributed by atoms with Gasteiger partial charge >= 0.3 is 6.03 Å². The van der Waals surface area contributed by atoms with Gasteiger partial charge in [0, 0.05) is 12.6 Å². The number of piperidine rings is 1. The van der Waals surface area contributed by atoms with Crippen LogP contribution in [0.3, 0.4) is 0 Å². The van der Waals surface area contributed by atoms with E-state index in [9.17, 15) is 13.2 Å². The maximum atomic E-state index is 12.7. The minimum atomic E-state index is -3.84. The van der Waals surface area contributed by atoms with Crippen LogP contribution in [0.5, 0.6) is 0 Å². The first-order chi connectivity index (χ1) is 14.0. The molecule has 0 aromatic heterocycles. The normalized spacial score (nSPS) is 17.4. The van der Waals surface area contributed by atoms with E-state index in [1.54, 1.807) is 17.0 Å². The molecule has 2 aromatic carbocycles. The number of sulfonamides is 1. The van der Waals surface area contributed by atoms with Gasteiger partial charge < -0.3 is 4.90 Å². The van der Waals surface area contributed by atoms with Crippen molar-refractivity contribution in [2.45, 2.75) is 44.6 Å². The number of rotatable bonds is 7. The molecule has 29 heavy (non-hydrogen) atoms. The lowest BCUT2D eigenvalue weighted by Crippen LogP contribution is -2.49. The second kappa shape index (κ2) is 10.3. The minimum absolute atomic E-state index is 0.0840. The van der Waals surface area contributed by atoms with Crippen LogP contribution in [-0.2, 0) is 16.4 Å². The molecule has 0 spiro atoms. The molecule has 1 aliphatic rings. The Bertz CT molecular complexity index is 912. The second-order valence-electron chi connectivity index (χ2n) is 7.39. The van der Waals surface area contributed by atoms with Crippen LogP contribution >= 0.6 is 0 Å². The standard InChI is InChI=1S/C23H28N2O3S/c26-23(24-29(27,28)19-17-21-12-5-2-6-13-21)25-18-8-7-15-22(25)16-9-14-20-10-3-1-4-11-20/h1-6,10-13,17,19,22H,7-9,14-16,18H2,(H,24,26)/b19-17+. The molecule has 154 valence electrons. The Morgan fingerprint density at radius 3 is 2.45 bits per heavy atom. The van der Waals surface area contributed by atoms with E-state index in [1.807, 2.05) is 36.4 Å². The fourth-order valence-corrected chi connectivity index (χ4v) is 4.47. The van der Waals surface area contributed by atoms with Crippen LogP contribution in [0.1, 0.15) is 43.2 Å². The summed E-state index contributed by atoms with van der Waals surface area (Å²) in [4.78, 5) is 14.4. The van der Waals surface area contributed by atoms with Crippen molar-refractivity contribution in [2.75, 3.05) is 6.54 Å². The summed E-state index contributed by atoms with van der Waals surface area (Å²) in [7, 11) is -3.84. The number of hydrogen-bond donors (Lipinski definition) is 1. The zero-order chi connectivity index (χ0) is 20.5. The zero-order valence-electron chi connectivity index (χ0n) is 16.5. The summed E-state index contributed by atoms with van der Waals surface area (Å²) in [5, 5.41) is 1.05. The van der Waals surface area contributed by atoms with Crippen molar-refractivity contribution < 1.29 is 13.2 Å². The Morgan fingerprint density at radius 2 is 1.72 bits per heavy atom. The van der Waals surface area contributed by atoms with Crippen LogP contribution in [0.25, 0.3) is 6.08 Å². The van der Waals surface area contributed by atoms with Crippen molar-refractivity contribution in [3.8, 4) is 0 Å². The number of carbonyl (C=O) groups is 1. The van der Waals surface area contributed by atoms with Crippen molar-refractivity contribution in [1.82, 2.24) is 9.62 Å². The smallest absolute Gasteiger partial charge is 0.321 e. The van der Waals surface area contributed by atoms with E-state index in [2.05, 4.69) is 16.9 Å². The van der Waals surface area contributed by atoms with Gasteiger partial charge in [-0.2, -0.15) is 0 Å². The van der Waals surface area contributed by atoms with Crippen LogP contribution in [0, 0.1) is 0 Å². The molecular weight excluding hydrogens is 384 g/mol. The van der Waals surface area contributed by atoms with E-state index >= 15 is 0 Å². The first-order valence-corrected chi connectivity index (χ1v) is 11.7. The fourth-order valence-electron chi connectivity index (χ4n) is 3.70. The lowest BCUT2D eigenvalue weighted by Gasteiger charge is -2.35. The Morgan fingerprint density at radius 1 is 1.03 bits per heavy atom. The lowest BCUT2D eigenvalue weighted by atomic mass is 9.96. The van der Waals surface area contributed by atoms with Crippen LogP contribution in [0.4, 0.5) is 4.79 Å². The minimum Gasteiger partial charge on any atom is -0.321 e. The van der Waals surface area contributed by atoms with Gasteiger partial charge in [0.2, 0.25) is 0 Å². The van der Waals surface area contributed by atoms with Crippen molar-refractivity contribution in [3.05, 3.63) is 77.2 Å². The highest BCUT2D eigenvalue weighted by Gasteiger charge is 2.28. The fraction of sp³-hybridized carbons (Fsp3) is 0.348. The summed E-state index contributed by atoms with van der Waals surface area (Å²) in [5.41, 5.74) is 2.05. The van der Waals surface area contributed by atoms with Crippen molar-refractivity contribution in [2.24, 2.45) is 0 Å². The second-order valence-corrected chi connectivity index (χ2v) is 8.95. The van der Waals surface area contributed by atoms with E-state index < -0.39 is 16.1 Å². The molecule has 2 amide bonds. The molecule has 0 aliphatic carbocycles.